The summed E-state index contributed by atoms with van der Waals surface area (Å²) in [6.45, 7) is 11.1. The highest BCUT2D eigenvalue weighted by Gasteiger charge is 2.12. The van der Waals surface area contributed by atoms with Crippen LogP contribution in [0.25, 0.3) is 0 Å². The number of thiazole rings is 1. The molecule has 0 amide bonds. The third-order valence-corrected chi connectivity index (χ3v) is 3.47. The Bertz CT molecular complexity index is 328. The van der Waals surface area contributed by atoms with E-state index in [1.165, 1.54) is 0 Å². The third-order valence-electron chi connectivity index (χ3n) is 2.52. The van der Waals surface area contributed by atoms with Gasteiger partial charge in [0.25, 0.3) is 0 Å². The molecule has 0 spiro atoms. The van der Waals surface area contributed by atoms with E-state index in [0.717, 1.165) is 43.6 Å². The molecule has 0 aliphatic carbocycles. The van der Waals surface area contributed by atoms with Gasteiger partial charge in [0.2, 0.25) is 0 Å². The van der Waals surface area contributed by atoms with Crippen molar-refractivity contribution < 1.29 is 4.74 Å². The van der Waals surface area contributed by atoms with Gasteiger partial charge in [-0.3, -0.25) is 0 Å². The standard InChI is InChI=1S/C13H25N3OS/c1-5-14-8-12-10-18-13(15-12)16(6-7-17-4)9-11(2)3/h10-11,14H,5-9H2,1-4H3. The minimum absolute atomic E-state index is 0.628. The average Bonchev–Trinajstić information content (AvgIpc) is 2.80. The van der Waals surface area contributed by atoms with Crippen LogP contribution in [0.3, 0.4) is 0 Å². The van der Waals surface area contributed by atoms with E-state index in [2.05, 4.69) is 41.4 Å². The molecule has 0 bridgehead atoms. The Labute approximate surface area is 114 Å². The quantitative estimate of drug-likeness (QED) is 0.748. The molecule has 104 valence electrons. The highest BCUT2D eigenvalue weighted by molar-refractivity contribution is 7.13. The Kier molecular flexibility index (Phi) is 7.23. The van der Waals surface area contributed by atoms with E-state index in [-0.39, 0.29) is 0 Å². The van der Waals surface area contributed by atoms with Gasteiger partial charge in [-0.1, -0.05) is 20.8 Å². The maximum absolute atomic E-state index is 5.17. The summed E-state index contributed by atoms with van der Waals surface area (Å²) in [7, 11) is 1.74. The van der Waals surface area contributed by atoms with Gasteiger partial charge in [0.1, 0.15) is 0 Å². The molecule has 0 radical (unpaired) electrons. The maximum Gasteiger partial charge on any atom is 0.185 e. The summed E-state index contributed by atoms with van der Waals surface area (Å²) in [6.07, 6.45) is 0. The first-order valence-electron chi connectivity index (χ1n) is 6.56. The van der Waals surface area contributed by atoms with Crippen molar-refractivity contribution in [2.75, 3.05) is 38.3 Å². The molecule has 1 aromatic heterocycles. The van der Waals surface area contributed by atoms with Crippen LogP contribution in [0, 0.1) is 5.92 Å². The summed E-state index contributed by atoms with van der Waals surface area (Å²) in [5.41, 5.74) is 1.13. The summed E-state index contributed by atoms with van der Waals surface area (Å²) >= 11 is 1.72. The van der Waals surface area contributed by atoms with Crippen LogP contribution >= 0.6 is 11.3 Å². The third kappa shape index (κ3) is 5.33. The zero-order valence-corrected chi connectivity index (χ0v) is 12.7. The summed E-state index contributed by atoms with van der Waals surface area (Å²) in [5.74, 6) is 0.628. The summed E-state index contributed by atoms with van der Waals surface area (Å²) in [6, 6.07) is 0. The average molecular weight is 271 g/mol. The van der Waals surface area contributed by atoms with Crippen LogP contribution in [0.4, 0.5) is 5.13 Å². The Morgan fingerprint density at radius 1 is 1.50 bits per heavy atom. The Morgan fingerprint density at radius 2 is 2.28 bits per heavy atom. The zero-order valence-electron chi connectivity index (χ0n) is 11.9. The van der Waals surface area contributed by atoms with Gasteiger partial charge in [0, 0.05) is 32.1 Å². The smallest absolute Gasteiger partial charge is 0.185 e. The second-order valence-electron chi connectivity index (χ2n) is 4.73. The van der Waals surface area contributed by atoms with E-state index in [0.29, 0.717) is 5.92 Å². The van der Waals surface area contributed by atoms with Gasteiger partial charge in [0.15, 0.2) is 5.13 Å². The highest BCUT2D eigenvalue weighted by Crippen LogP contribution is 2.21. The molecular formula is C13H25N3OS. The fourth-order valence-electron chi connectivity index (χ4n) is 1.68. The van der Waals surface area contributed by atoms with E-state index < -0.39 is 0 Å². The molecule has 1 heterocycles. The normalized spacial score (nSPS) is 11.2. The molecule has 0 saturated carbocycles. The molecule has 0 aromatic carbocycles. The molecule has 0 atom stereocenters. The minimum Gasteiger partial charge on any atom is -0.383 e. The van der Waals surface area contributed by atoms with Crippen molar-refractivity contribution in [2.24, 2.45) is 5.92 Å². The number of aromatic nitrogens is 1. The van der Waals surface area contributed by atoms with Crippen molar-refractivity contribution in [3.8, 4) is 0 Å². The lowest BCUT2D eigenvalue weighted by molar-refractivity contribution is 0.204. The number of hydrogen-bond acceptors (Lipinski definition) is 5. The number of anilines is 1. The van der Waals surface area contributed by atoms with Crippen molar-refractivity contribution in [1.29, 1.82) is 0 Å². The Balaban J connectivity index is 2.62. The topological polar surface area (TPSA) is 37.4 Å². The number of nitrogens with one attached hydrogen (secondary N) is 1. The van der Waals surface area contributed by atoms with Crippen molar-refractivity contribution in [3.63, 3.8) is 0 Å². The molecule has 1 N–H and O–H groups in total. The van der Waals surface area contributed by atoms with Gasteiger partial charge < -0.3 is 15.0 Å². The van der Waals surface area contributed by atoms with Gasteiger partial charge in [0.05, 0.1) is 12.3 Å². The van der Waals surface area contributed by atoms with Crippen molar-refractivity contribution in [2.45, 2.75) is 27.3 Å². The van der Waals surface area contributed by atoms with Crippen LogP contribution in [-0.4, -0.2) is 38.3 Å². The SMILES string of the molecule is CCNCc1csc(N(CCOC)CC(C)C)n1. The Morgan fingerprint density at radius 3 is 2.89 bits per heavy atom. The molecule has 0 unspecified atom stereocenters. The first kappa shape index (κ1) is 15.4. The molecular weight excluding hydrogens is 246 g/mol. The molecule has 0 fully saturated rings. The molecule has 4 nitrogen and oxygen atoms in total. The van der Waals surface area contributed by atoms with Crippen LogP contribution in [0.15, 0.2) is 5.38 Å². The lowest BCUT2D eigenvalue weighted by Crippen LogP contribution is -2.30. The van der Waals surface area contributed by atoms with Gasteiger partial charge in [-0.2, -0.15) is 0 Å². The van der Waals surface area contributed by atoms with Crippen LogP contribution in [0.5, 0.6) is 0 Å². The van der Waals surface area contributed by atoms with Gasteiger partial charge in [-0.05, 0) is 12.5 Å². The van der Waals surface area contributed by atoms with Crippen molar-refractivity contribution in [3.05, 3.63) is 11.1 Å². The number of ether oxygens (including phenoxy) is 1. The molecule has 5 heteroatoms. The van der Waals surface area contributed by atoms with E-state index >= 15 is 0 Å². The number of rotatable bonds is 9. The molecule has 0 aliphatic rings. The zero-order chi connectivity index (χ0) is 13.4. The second-order valence-corrected chi connectivity index (χ2v) is 5.57. The number of methoxy groups -OCH3 is 1. The summed E-state index contributed by atoms with van der Waals surface area (Å²) < 4.78 is 5.17. The van der Waals surface area contributed by atoms with E-state index in [4.69, 9.17) is 4.74 Å². The second kappa shape index (κ2) is 8.45. The van der Waals surface area contributed by atoms with E-state index in [9.17, 15) is 0 Å². The molecule has 1 aromatic rings. The fourth-order valence-corrected chi connectivity index (χ4v) is 2.55. The number of hydrogen-bond donors (Lipinski definition) is 1. The lowest BCUT2D eigenvalue weighted by Gasteiger charge is -2.23. The molecule has 1 rings (SSSR count). The van der Waals surface area contributed by atoms with Crippen molar-refractivity contribution >= 4 is 16.5 Å². The predicted octanol–water partition coefficient (Wildman–Crippen LogP) is 2.36. The van der Waals surface area contributed by atoms with E-state index in [1.54, 1.807) is 18.4 Å². The first-order valence-corrected chi connectivity index (χ1v) is 7.44. The van der Waals surface area contributed by atoms with Crippen LogP contribution < -0.4 is 10.2 Å². The molecule has 0 saturated heterocycles. The van der Waals surface area contributed by atoms with Crippen LogP contribution in [0.1, 0.15) is 26.5 Å². The van der Waals surface area contributed by atoms with Crippen molar-refractivity contribution in [1.82, 2.24) is 10.3 Å². The lowest BCUT2D eigenvalue weighted by atomic mass is 10.2. The predicted molar refractivity (Wildman–Crippen MR) is 78.4 cm³/mol. The largest absolute Gasteiger partial charge is 0.383 e. The van der Waals surface area contributed by atoms with Gasteiger partial charge in [-0.15, -0.1) is 11.3 Å². The minimum atomic E-state index is 0.628. The summed E-state index contributed by atoms with van der Waals surface area (Å²) in [4.78, 5) is 6.99. The van der Waals surface area contributed by atoms with E-state index in [1.807, 2.05) is 0 Å². The van der Waals surface area contributed by atoms with Gasteiger partial charge >= 0.3 is 0 Å². The van der Waals surface area contributed by atoms with Gasteiger partial charge in [-0.25, -0.2) is 4.98 Å². The molecule has 0 aliphatic heterocycles. The Hall–Kier alpha value is -0.650. The van der Waals surface area contributed by atoms with Crippen LogP contribution in [0.2, 0.25) is 0 Å². The summed E-state index contributed by atoms with van der Waals surface area (Å²) in [5, 5.41) is 6.54. The highest BCUT2D eigenvalue weighted by atomic mass is 32.1. The number of nitrogens with zero attached hydrogens (tertiary/aromatic N) is 2. The molecule has 18 heavy (non-hydrogen) atoms. The fraction of sp³-hybridized carbons (Fsp3) is 0.769. The maximum atomic E-state index is 5.17. The first-order chi connectivity index (χ1) is 8.67. The van der Waals surface area contributed by atoms with Crippen LogP contribution in [-0.2, 0) is 11.3 Å². The monoisotopic (exact) mass is 271 g/mol.